The number of carbonyl (C=O) groups excluding carboxylic acids is 2. The fourth-order valence-corrected chi connectivity index (χ4v) is 5.61. The van der Waals surface area contributed by atoms with Gasteiger partial charge in [-0.1, -0.05) is 6.07 Å². The van der Waals surface area contributed by atoms with Gasteiger partial charge in [0.1, 0.15) is 15.4 Å². The van der Waals surface area contributed by atoms with Gasteiger partial charge in [0.25, 0.3) is 11.8 Å². The van der Waals surface area contributed by atoms with Gasteiger partial charge in [-0.2, -0.15) is 23.4 Å². The van der Waals surface area contributed by atoms with E-state index in [1.807, 2.05) is 6.92 Å². The molecule has 4 aromatic heterocycles. The minimum atomic E-state index is -4.78. The van der Waals surface area contributed by atoms with Crippen LogP contribution in [-0.4, -0.2) is 50.6 Å². The summed E-state index contributed by atoms with van der Waals surface area (Å²) in [6.45, 7) is 3.90. The number of nitrogens with two attached hydrogens (primary N) is 1. The topological polar surface area (TPSA) is 148 Å². The number of ether oxygens (including phenoxy) is 3. The smallest absolute Gasteiger partial charge is 0.433 e. The summed E-state index contributed by atoms with van der Waals surface area (Å²) < 4.78 is 61.0. The van der Waals surface area contributed by atoms with Crippen molar-refractivity contribution < 1.29 is 37.0 Å². The van der Waals surface area contributed by atoms with E-state index in [0.717, 1.165) is 6.07 Å². The fourth-order valence-electron chi connectivity index (χ4n) is 4.60. The maximum absolute atomic E-state index is 13.9. The second-order valence-corrected chi connectivity index (χ2v) is 10.3. The van der Waals surface area contributed by atoms with Crippen molar-refractivity contribution in [3.05, 3.63) is 64.7 Å². The Morgan fingerprint density at radius 3 is 2.41 bits per heavy atom. The van der Waals surface area contributed by atoms with Crippen molar-refractivity contribution in [2.45, 2.75) is 33.3 Å². The maximum Gasteiger partial charge on any atom is 0.433 e. The van der Waals surface area contributed by atoms with E-state index in [1.165, 1.54) is 37.4 Å². The number of hydrogen-bond acceptors (Lipinski definition) is 9. The monoisotopic (exact) mass is 629 g/mol. The third-order valence-electron chi connectivity index (χ3n) is 6.70. The van der Waals surface area contributed by atoms with Crippen LogP contribution in [-0.2, 0) is 19.5 Å². The summed E-state index contributed by atoms with van der Waals surface area (Å²) in [5.74, 6) is -0.512. The molecule has 4 heterocycles. The summed E-state index contributed by atoms with van der Waals surface area (Å²) in [5, 5.41) is 11.2. The Hall–Kier alpha value is -5.12. The van der Waals surface area contributed by atoms with Crippen molar-refractivity contribution in [1.29, 1.82) is 0 Å². The van der Waals surface area contributed by atoms with Crippen LogP contribution in [0.1, 0.15) is 38.5 Å². The van der Waals surface area contributed by atoms with Gasteiger partial charge in [0.15, 0.2) is 23.9 Å². The number of rotatable bonds is 10. The number of carbonyl (C=O) groups is 2. The van der Waals surface area contributed by atoms with E-state index in [-0.39, 0.29) is 38.8 Å². The number of hydrogen-bond donors (Lipinski definition) is 2. The second kappa shape index (κ2) is 11.9. The molecule has 230 valence electrons. The lowest BCUT2D eigenvalue weighted by molar-refractivity contribution is -0.140. The molecule has 1 aromatic carbocycles. The molecule has 5 aromatic rings. The van der Waals surface area contributed by atoms with Crippen molar-refractivity contribution in [3.8, 4) is 28.4 Å². The molecule has 0 bridgehead atoms. The molecular formula is C28H26F3N7O5S. The summed E-state index contributed by atoms with van der Waals surface area (Å²) in [6, 6.07) is 7.40. The van der Waals surface area contributed by atoms with Crippen LogP contribution in [0.4, 0.5) is 18.9 Å². The van der Waals surface area contributed by atoms with E-state index in [1.54, 1.807) is 29.8 Å². The number of pyridine rings is 1. The number of thiophene rings is 1. The van der Waals surface area contributed by atoms with Crippen LogP contribution in [0.15, 0.2) is 42.7 Å². The SMILES string of the molecule is CCn1ncc(-c2cc(C(F)(F)F)nc3sc(C(N)=O)c(NC(=O)c4ccn(COc5c(OC)cccc5OC)n4)c23)c1C. The molecule has 0 unspecified atom stereocenters. The molecule has 0 aliphatic rings. The molecule has 0 saturated carbocycles. The molecule has 0 atom stereocenters. The molecule has 12 nitrogen and oxygen atoms in total. The Labute approximate surface area is 252 Å². The minimum Gasteiger partial charge on any atom is -0.493 e. The molecule has 0 saturated heterocycles. The maximum atomic E-state index is 13.9. The van der Waals surface area contributed by atoms with Gasteiger partial charge in [0, 0.05) is 29.4 Å². The molecule has 16 heteroatoms. The third-order valence-corrected chi connectivity index (χ3v) is 7.80. The number of para-hydroxylation sites is 1. The summed E-state index contributed by atoms with van der Waals surface area (Å²) in [5.41, 5.74) is 5.35. The largest absolute Gasteiger partial charge is 0.493 e. The molecule has 0 radical (unpaired) electrons. The Morgan fingerprint density at radius 1 is 1.11 bits per heavy atom. The molecule has 3 N–H and O–H groups in total. The van der Waals surface area contributed by atoms with Crippen molar-refractivity contribution in [3.63, 3.8) is 0 Å². The molecule has 0 aliphatic carbocycles. The second-order valence-electron chi connectivity index (χ2n) is 9.32. The number of aryl methyl sites for hydroxylation is 1. The predicted octanol–water partition coefficient (Wildman–Crippen LogP) is 5.11. The van der Waals surface area contributed by atoms with Crippen LogP contribution >= 0.6 is 11.3 Å². The first kappa shape index (κ1) is 30.3. The van der Waals surface area contributed by atoms with E-state index >= 15 is 0 Å². The van der Waals surface area contributed by atoms with E-state index < -0.39 is 23.7 Å². The van der Waals surface area contributed by atoms with Gasteiger partial charge in [0.2, 0.25) is 5.75 Å². The normalized spacial score (nSPS) is 11.5. The molecular weight excluding hydrogens is 603 g/mol. The number of primary amides is 1. The zero-order chi connectivity index (χ0) is 31.8. The van der Waals surface area contributed by atoms with Gasteiger partial charge >= 0.3 is 6.18 Å². The molecule has 0 fully saturated rings. The number of aromatic nitrogens is 5. The van der Waals surface area contributed by atoms with Crippen LogP contribution in [0.5, 0.6) is 17.2 Å². The highest BCUT2D eigenvalue weighted by Crippen LogP contribution is 2.44. The van der Waals surface area contributed by atoms with Gasteiger partial charge in [0.05, 0.1) is 26.1 Å². The van der Waals surface area contributed by atoms with E-state index in [0.29, 0.717) is 46.4 Å². The lowest BCUT2D eigenvalue weighted by Crippen LogP contribution is -2.18. The third kappa shape index (κ3) is 5.62. The number of alkyl halides is 3. The Morgan fingerprint density at radius 2 is 1.82 bits per heavy atom. The number of amides is 2. The number of halogens is 3. The van der Waals surface area contributed by atoms with E-state index in [2.05, 4.69) is 20.5 Å². The fraction of sp³-hybridized carbons (Fsp3) is 0.250. The first-order valence-electron chi connectivity index (χ1n) is 13.0. The number of methoxy groups -OCH3 is 2. The average molecular weight is 630 g/mol. The highest BCUT2D eigenvalue weighted by atomic mass is 32.1. The van der Waals surface area contributed by atoms with Crippen LogP contribution in [0, 0.1) is 6.92 Å². The zero-order valence-electron chi connectivity index (χ0n) is 23.9. The van der Waals surface area contributed by atoms with E-state index in [9.17, 15) is 22.8 Å². The lowest BCUT2D eigenvalue weighted by atomic mass is 10.0. The zero-order valence-corrected chi connectivity index (χ0v) is 24.7. The van der Waals surface area contributed by atoms with Crippen LogP contribution < -0.4 is 25.3 Å². The Kier molecular flexibility index (Phi) is 8.19. The summed E-state index contributed by atoms with van der Waals surface area (Å²) in [7, 11) is 2.96. The first-order chi connectivity index (χ1) is 21.0. The van der Waals surface area contributed by atoms with Gasteiger partial charge in [-0.3, -0.25) is 14.3 Å². The molecule has 44 heavy (non-hydrogen) atoms. The van der Waals surface area contributed by atoms with Crippen molar-refractivity contribution in [1.82, 2.24) is 24.5 Å². The van der Waals surface area contributed by atoms with Crippen molar-refractivity contribution >= 4 is 39.1 Å². The highest BCUT2D eigenvalue weighted by Gasteiger charge is 2.35. The number of fused-ring (bicyclic) bond motifs is 1. The Bertz CT molecular complexity index is 1860. The van der Waals surface area contributed by atoms with Gasteiger partial charge in [-0.05, 0) is 43.7 Å². The summed E-state index contributed by atoms with van der Waals surface area (Å²) in [6.07, 6.45) is -1.86. The van der Waals surface area contributed by atoms with Crippen LogP contribution in [0.25, 0.3) is 21.3 Å². The average Bonchev–Trinajstić information content (AvgIpc) is 3.72. The lowest BCUT2D eigenvalue weighted by Gasteiger charge is -2.14. The van der Waals surface area contributed by atoms with Gasteiger partial charge < -0.3 is 25.3 Å². The van der Waals surface area contributed by atoms with Crippen LogP contribution in [0.3, 0.4) is 0 Å². The highest BCUT2D eigenvalue weighted by molar-refractivity contribution is 7.21. The van der Waals surface area contributed by atoms with Crippen molar-refractivity contribution in [2.24, 2.45) is 5.73 Å². The summed E-state index contributed by atoms with van der Waals surface area (Å²) in [4.78, 5) is 29.3. The van der Waals surface area contributed by atoms with Gasteiger partial charge in [-0.15, -0.1) is 11.3 Å². The molecule has 5 rings (SSSR count). The number of benzene rings is 1. The van der Waals surface area contributed by atoms with Gasteiger partial charge in [-0.25, -0.2) is 9.67 Å². The van der Waals surface area contributed by atoms with Crippen LogP contribution in [0.2, 0.25) is 0 Å². The van der Waals surface area contributed by atoms with E-state index in [4.69, 9.17) is 19.9 Å². The Balaban J connectivity index is 1.52. The molecule has 2 amide bonds. The first-order valence-corrected chi connectivity index (χ1v) is 13.8. The number of anilines is 1. The number of nitrogens with zero attached hydrogens (tertiary/aromatic N) is 5. The number of nitrogens with one attached hydrogen (secondary N) is 1. The summed E-state index contributed by atoms with van der Waals surface area (Å²) >= 11 is 0.648. The molecule has 0 aliphatic heterocycles. The molecule has 0 spiro atoms. The van der Waals surface area contributed by atoms with Crippen molar-refractivity contribution in [2.75, 3.05) is 19.5 Å². The minimum absolute atomic E-state index is 0.0632. The predicted molar refractivity (Wildman–Crippen MR) is 155 cm³/mol. The quantitative estimate of drug-likeness (QED) is 0.217. The standard InChI is InChI=1S/C28H26F3N7O5S/c1-5-38-14(2)16(12-33-38)15-11-20(28(29,30)31)34-27-21(15)22(24(44-27)25(32)39)35-26(40)17-9-10-37(36-17)13-43-23-18(41-3)7-6-8-19(23)42-4/h6-12H,5,13H2,1-4H3,(H2,32,39)(H,35,40).